The molecule has 0 spiro atoms. The zero-order valence-electron chi connectivity index (χ0n) is 14.5. The highest BCUT2D eigenvalue weighted by atomic mass is 16.2. The number of benzene rings is 2. The van der Waals surface area contributed by atoms with Gasteiger partial charge in [-0.15, -0.1) is 0 Å². The molecule has 1 aliphatic heterocycles. The maximum atomic E-state index is 12.6. The van der Waals surface area contributed by atoms with Crippen LogP contribution in [0.4, 0.5) is 5.69 Å². The van der Waals surface area contributed by atoms with Crippen molar-refractivity contribution in [3.8, 4) is 0 Å². The number of carbonyl (C=O) groups excluding carboxylic acids is 1. The first-order chi connectivity index (χ1) is 11.5. The third-order valence-electron chi connectivity index (χ3n) is 4.40. The molecule has 1 aliphatic rings. The van der Waals surface area contributed by atoms with Crippen LogP contribution in [0.15, 0.2) is 53.6 Å². The van der Waals surface area contributed by atoms with Crippen LogP contribution in [0.2, 0.25) is 0 Å². The van der Waals surface area contributed by atoms with Gasteiger partial charge < -0.3 is 4.90 Å². The predicted octanol–water partition coefficient (Wildman–Crippen LogP) is 3.85. The molecule has 3 rings (SSSR count). The lowest BCUT2D eigenvalue weighted by Gasteiger charge is -2.19. The van der Waals surface area contributed by atoms with Crippen molar-refractivity contribution in [2.45, 2.75) is 26.8 Å². The average molecular weight is 321 g/mol. The highest BCUT2D eigenvalue weighted by molar-refractivity contribution is 5.94. The van der Waals surface area contributed by atoms with Gasteiger partial charge in [-0.05, 0) is 49.2 Å². The minimum Gasteiger partial charge on any atom is -0.337 e. The van der Waals surface area contributed by atoms with E-state index in [2.05, 4.69) is 24.2 Å². The van der Waals surface area contributed by atoms with Gasteiger partial charge in [0.05, 0.1) is 5.69 Å². The van der Waals surface area contributed by atoms with Crippen molar-refractivity contribution in [1.82, 2.24) is 4.90 Å². The number of aryl methyl sites for hydroxylation is 1. The molecule has 2 aromatic rings. The summed E-state index contributed by atoms with van der Waals surface area (Å²) in [7, 11) is 1.84. The first-order valence-corrected chi connectivity index (χ1v) is 8.26. The Morgan fingerprint density at radius 1 is 1.12 bits per heavy atom. The fraction of sp³-hybridized carbons (Fsp3) is 0.300. The van der Waals surface area contributed by atoms with Crippen LogP contribution < -0.4 is 5.01 Å². The summed E-state index contributed by atoms with van der Waals surface area (Å²) >= 11 is 0. The minimum absolute atomic E-state index is 0.0332. The fourth-order valence-electron chi connectivity index (χ4n) is 2.87. The molecule has 1 heterocycles. The van der Waals surface area contributed by atoms with E-state index in [0.717, 1.165) is 24.4 Å². The lowest BCUT2D eigenvalue weighted by Crippen LogP contribution is -2.26. The van der Waals surface area contributed by atoms with E-state index in [9.17, 15) is 4.79 Å². The summed E-state index contributed by atoms with van der Waals surface area (Å²) < 4.78 is 0. The second kappa shape index (κ2) is 6.87. The standard InChI is InChI=1S/C20H23N3O/c1-15-6-4-5-7-18(15)14-22(3)20(24)17-8-10-19(11-9-17)23-13-12-16(2)21-23/h4-11H,12-14H2,1-3H3. The van der Waals surface area contributed by atoms with Gasteiger partial charge in [-0.3, -0.25) is 9.80 Å². The molecule has 0 unspecified atom stereocenters. The summed E-state index contributed by atoms with van der Waals surface area (Å²) in [5, 5.41) is 6.48. The normalized spacial score (nSPS) is 13.8. The van der Waals surface area contributed by atoms with Gasteiger partial charge in [0.25, 0.3) is 5.91 Å². The molecule has 0 saturated carbocycles. The monoisotopic (exact) mass is 321 g/mol. The van der Waals surface area contributed by atoms with Crippen LogP contribution in [0.25, 0.3) is 0 Å². The fourth-order valence-corrected chi connectivity index (χ4v) is 2.87. The van der Waals surface area contributed by atoms with Gasteiger partial charge in [0.1, 0.15) is 0 Å². The summed E-state index contributed by atoms with van der Waals surface area (Å²) in [5.74, 6) is 0.0332. The first kappa shape index (κ1) is 16.2. The molecule has 4 nitrogen and oxygen atoms in total. The van der Waals surface area contributed by atoms with Crippen LogP contribution in [-0.2, 0) is 6.54 Å². The Bertz CT molecular complexity index is 765. The van der Waals surface area contributed by atoms with Gasteiger partial charge in [0.2, 0.25) is 0 Å². The largest absolute Gasteiger partial charge is 0.337 e. The lowest BCUT2D eigenvalue weighted by molar-refractivity contribution is 0.0785. The SMILES string of the molecule is CC1=NN(c2ccc(C(=O)N(C)Cc3ccccc3C)cc2)CC1. The van der Waals surface area contributed by atoms with Crippen molar-refractivity contribution in [1.29, 1.82) is 0 Å². The van der Waals surface area contributed by atoms with Crippen molar-refractivity contribution >= 4 is 17.3 Å². The van der Waals surface area contributed by atoms with E-state index >= 15 is 0 Å². The van der Waals surface area contributed by atoms with Crippen molar-refractivity contribution in [2.24, 2.45) is 5.10 Å². The maximum absolute atomic E-state index is 12.6. The van der Waals surface area contributed by atoms with Gasteiger partial charge >= 0.3 is 0 Å². The van der Waals surface area contributed by atoms with E-state index < -0.39 is 0 Å². The van der Waals surface area contributed by atoms with E-state index in [-0.39, 0.29) is 5.91 Å². The Hall–Kier alpha value is -2.62. The molecule has 1 amide bonds. The number of rotatable bonds is 4. The number of carbonyl (C=O) groups is 1. The topological polar surface area (TPSA) is 35.9 Å². The molecule has 124 valence electrons. The molecule has 0 fully saturated rings. The third kappa shape index (κ3) is 3.48. The second-order valence-corrected chi connectivity index (χ2v) is 6.34. The van der Waals surface area contributed by atoms with Gasteiger partial charge in [-0.25, -0.2) is 0 Å². The van der Waals surface area contributed by atoms with Crippen LogP contribution in [0.3, 0.4) is 0 Å². The molecule has 0 atom stereocenters. The van der Waals surface area contributed by atoms with Crippen molar-refractivity contribution < 1.29 is 4.79 Å². The molecule has 24 heavy (non-hydrogen) atoms. The second-order valence-electron chi connectivity index (χ2n) is 6.34. The zero-order chi connectivity index (χ0) is 17.1. The van der Waals surface area contributed by atoms with E-state index in [1.807, 2.05) is 55.4 Å². The van der Waals surface area contributed by atoms with E-state index in [1.165, 1.54) is 11.1 Å². The van der Waals surface area contributed by atoms with Crippen LogP contribution in [0.5, 0.6) is 0 Å². The first-order valence-electron chi connectivity index (χ1n) is 8.26. The van der Waals surface area contributed by atoms with Crippen LogP contribution in [0, 0.1) is 6.92 Å². The lowest BCUT2D eigenvalue weighted by atomic mass is 10.1. The Morgan fingerprint density at radius 2 is 1.83 bits per heavy atom. The van der Waals surface area contributed by atoms with Crippen LogP contribution in [-0.4, -0.2) is 30.1 Å². The molecule has 0 aliphatic carbocycles. The summed E-state index contributed by atoms with van der Waals surface area (Å²) in [4.78, 5) is 14.4. The van der Waals surface area contributed by atoms with Crippen LogP contribution >= 0.6 is 0 Å². The zero-order valence-corrected chi connectivity index (χ0v) is 14.5. The third-order valence-corrected chi connectivity index (χ3v) is 4.40. The smallest absolute Gasteiger partial charge is 0.253 e. The Kier molecular flexibility index (Phi) is 4.65. The molecule has 2 aromatic carbocycles. The number of anilines is 1. The van der Waals surface area contributed by atoms with Gasteiger partial charge in [0.15, 0.2) is 0 Å². The van der Waals surface area contributed by atoms with Gasteiger partial charge in [-0.1, -0.05) is 24.3 Å². The van der Waals surface area contributed by atoms with Crippen molar-refractivity contribution in [2.75, 3.05) is 18.6 Å². The Labute approximate surface area is 143 Å². The molecule has 0 radical (unpaired) electrons. The summed E-state index contributed by atoms with van der Waals surface area (Å²) in [5.41, 5.74) is 5.26. The minimum atomic E-state index is 0.0332. The van der Waals surface area contributed by atoms with Crippen molar-refractivity contribution in [3.63, 3.8) is 0 Å². The van der Waals surface area contributed by atoms with E-state index in [4.69, 9.17) is 0 Å². The predicted molar refractivity (Wildman–Crippen MR) is 98.5 cm³/mol. The van der Waals surface area contributed by atoms with Crippen LogP contribution in [0.1, 0.15) is 34.8 Å². The van der Waals surface area contributed by atoms with Gasteiger partial charge in [-0.2, -0.15) is 5.10 Å². The molecular formula is C20H23N3O. The molecule has 0 bridgehead atoms. The highest BCUT2D eigenvalue weighted by Gasteiger charge is 2.15. The summed E-state index contributed by atoms with van der Waals surface area (Å²) in [6.45, 7) is 5.63. The number of amides is 1. The molecule has 0 saturated heterocycles. The van der Waals surface area contributed by atoms with E-state index in [0.29, 0.717) is 12.1 Å². The molecule has 0 N–H and O–H groups in total. The summed E-state index contributed by atoms with van der Waals surface area (Å²) in [6.07, 6.45) is 1.000. The van der Waals surface area contributed by atoms with Crippen molar-refractivity contribution in [3.05, 3.63) is 65.2 Å². The molecular weight excluding hydrogens is 298 g/mol. The quantitative estimate of drug-likeness (QED) is 0.857. The number of nitrogens with zero attached hydrogens (tertiary/aromatic N) is 3. The maximum Gasteiger partial charge on any atom is 0.253 e. The molecule has 4 heteroatoms. The Balaban J connectivity index is 1.69. The average Bonchev–Trinajstić information content (AvgIpc) is 3.03. The molecule has 0 aromatic heterocycles. The van der Waals surface area contributed by atoms with E-state index in [1.54, 1.807) is 4.90 Å². The Morgan fingerprint density at radius 3 is 2.46 bits per heavy atom. The highest BCUT2D eigenvalue weighted by Crippen LogP contribution is 2.20. The summed E-state index contributed by atoms with van der Waals surface area (Å²) in [6, 6.07) is 15.9. The number of hydrogen-bond acceptors (Lipinski definition) is 3. The number of hydrazone groups is 1. The van der Waals surface area contributed by atoms with Gasteiger partial charge in [0, 0.05) is 37.8 Å². The number of hydrogen-bond donors (Lipinski definition) is 0.